The molecule has 0 N–H and O–H groups in total. The Kier molecular flexibility index (Phi) is 4.79. The molecular weight excluding hydrogens is 228 g/mol. The van der Waals surface area contributed by atoms with Crippen molar-refractivity contribution in [1.29, 1.82) is 0 Å². The molecule has 0 bridgehead atoms. The van der Waals surface area contributed by atoms with E-state index in [1.165, 1.54) is 53.5 Å². The van der Waals surface area contributed by atoms with Crippen LogP contribution in [0.1, 0.15) is 43.4 Å². The largest absolute Gasteiger partial charge is 0.0651 e. The van der Waals surface area contributed by atoms with Crippen molar-refractivity contribution < 1.29 is 0 Å². The van der Waals surface area contributed by atoms with Gasteiger partial charge in [0, 0.05) is 0 Å². The van der Waals surface area contributed by atoms with Crippen LogP contribution in [-0.4, -0.2) is 0 Å². The summed E-state index contributed by atoms with van der Waals surface area (Å²) in [5.41, 5.74) is 7.04. The first-order chi connectivity index (χ1) is 9.24. The van der Waals surface area contributed by atoms with Crippen LogP contribution in [0.4, 0.5) is 0 Å². The molecule has 0 unspecified atom stereocenters. The molecule has 0 aliphatic rings. The van der Waals surface area contributed by atoms with Gasteiger partial charge in [-0.1, -0.05) is 74.7 Å². The van der Waals surface area contributed by atoms with Gasteiger partial charge in [-0.05, 0) is 42.0 Å². The number of aryl methyl sites for hydroxylation is 3. The summed E-state index contributed by atoms with van der Waals surface area (Å²) in [6, 6.07) is 15.9. The van der Waals surface area contributed by atoms with Crippen LogP contribution < -0.4 is 0 Å². The lowest BCUT2D eigenvalue weighted by Crippen LogP contribution is -1.93. The van der Waals surface area contributed by atoms with Gasteiger partial charge in [0.2, 0.25) is 0 Å². The maximum Gasteiger partial charge on any atom is -0.0152 e. The topological polar surface area (TPSA) is 0 Å². The molecule has 2 aromatic rings. The summed E-state index contributed by atoms with van der Waals surface area (Å²) >= 11 is 0. The minimum Gasteiger partial charge on any atom is -0.0651 e. The van der Waals surface area contributed by atoms with Crippen LogP contribution in [0.5, 0.6) is 0 Å². The van der Waals surface area contributed by atoms with Gasteiger partial charge in [-0.25, -0.2) is 0 Å². The van der Waals surface area contributed by atoms with Crippen LogP contribution in [0.3, 0.4) is 0 Å². The molecule has 0 nitrogen and oxygen atoms in total. The van der Waals surface area contributed by atoms with Gasteiger partial charge in [0.25, 0.3) is 0 Å². The van der Waals surface area contributed by atoms with E-state index in [-0.39, 0.29) is 0 Å². The van der Waals surface area contributed by atoms with Gasteiger partial charge in [-0.2, -0.15) is 0 Å². The molecule has 0 saturated carbocycles. The second kappa shape index (κ2) is 6.56. The van der Waals surface area contributed by atoms with Crippen molar-refractivity contribution >= 4 is 0 Å². The third-order valence-electron chi connectivity index (χ3n) is 3.59. The van der Waals surface area contributed by atoms with E-state index in [2.05, 4.69) is 63.2 Å². The normalized spacial score (nSPS) is 10.7. The van der Waals surface area contributed by atoms with E-state index >= 15 is 0 Å². The maximum absolute atomic E-state index is 2.40. The number of rotatable bonds is 5. The quantitative estimate of drug-likeness (QED) is 0.653. The summed E-state index contributed by atoms with van der Waals surface area (Å²) < 4.78 is 0. The van der Waals surface area contributed by atoms with Crippen LogP contribution in [0.15, 0.2) is 42.5 Å². The maximum atomic E-state index is 2.40. The molecule has 0 aromatic heterocycles. The van der Waals surface area contributed by atoms with E-state index in [1.807, 2.05) is 0 Å². The van der Waals surface area contributed by atoms with Crippen molar-refractivity contribution in [2.75, 3.05) is 0 Å². The summed E-state index contributed by atoms with van der Waals surface area (Å²) in [6.45, 7) is 6.64. The highest BCUT2D eigenvalue weighted by molar-refractivity contribution is 5.68. The van der Waals surface area contributed by atoms with Gasteiger partial charge in [0.15, 0.2) is 0 Å². The molecule has 0 radical (unpaired) electrons. The van der Waals surface area contributed by atoms with Crippen LogP contribution in [-0.2, 0) is 12.8 Å². The fourth-order valence-corrected chi connectivity index (χ4v) is 2.58. The fourth-order valence-electron chi connectivity index (χ4n) is 2.58. The molecular formula is C19H24. The number of benzene rings is 2. The molecule has 0 aliphatic heterocycles. The first-order valence-electron chi connectivity index (χ1n) is 7.43. The Bertz CT molecular complexity index is 520. The third-order valence-corrected chi connectivity index (χ3v) is 3.59. The van der Waals surface area contributed by atoms with Crippen LogP contribution in [0.25, 0.3) is 11.1 Å². The highest BCUT2D eigenvalue weighted by Gasteiger charge is 2.05. The molecule has 0 saturated heterocycles. The Balaban J connectivity index is 2.40. The molecule has 19 heavy (non-hydrogen) atoms. The monoisotopic (exact) mass is 252 g/mol. The lowest BCUT2D eigenvalue weighted by Gasteiger charge is -2.12. The minimum atomic E-state index is 1.17. The second-order valence-corrected chi connectivity index (χ2v) is 5.36. The summed E-state index contributed by atoms with van der Waals surface area (Å²) in [5.74, 6) is 0. The standard InChI is InChI=1S/C19H24/c1-4-6-16-10-13-19(18(14-16)7-5-2)17-11-8-15(3)9-12-17/h8-14H,4-7H2,1-3H3. The Labute approximate surface area is 117 Å². The first-order valence-corrected chi connectivity index (χ1v) is 7.43. The zero-order valence-corrected chi connectivity index (χ0v) is 12.4. The van der Waals surface area contributed by atoms with Crippen molar-refractivity contribution in [3.63, 3.8) is 0 Å². The van der Waals surface area contributed by atoms with E-state index in [0.717, 1.165) is 0 Å². The Morgan fingerprint density at radius 2 is 1.47 bits per heavy atom. The van der Waals surface area contributed by atoms with Crippen molar-refractivity contribution in [3.8, 4) is 11.1 Å². The van der Waals surface area contributed by atoms with E-state index in [1.54, 1.807) is 0 Å². The summed E-state index contributed by atoms with van der Waals surface area (Å²) in [7, 11) is 0. The number of hydrogen-bond donors (Lipinski definition) is 0. The van der Waals surface area contributed by atoms with Gasteiger partial charge in [0.1, 0.15) is 0 Å². The fraction of sp³-hybridized carbons (Fsp3) is 0.368. The van der Waals surface area contributed by atoms with E-state index in [4.69, 9.17) is 0 Å². The van der Waals surface area contributed by atoms with Gasteiger partial charge in [0.05, 0.1) is 0 Å². The van der Waals surface area contributed by atoms with Crippen molar-refractivity contribution in [1.82, 2.24) is 0 Å². The van der Waals surface area contributed by atoms with Gasteiger partial charge in [-0.3, -0.25) is 0 Å². The highest BCUT2D eigenvalue weighted by Crippen LogP contribution is 2.26. The van der Waals surface area contributed by atoms with Gasteiger partial charge < -0.3 is 0 Å². The second-order valence-electron chi connectivity index (χ2n) is 5.36. The SMILES string of the molecule is CCCc1ccc(-c2ccc(C)cc2)c(CCC)c1. The average Bonchev–Trinajstić information content (AvgIpc) is 2.41. The first kappa shape index (κ1) is 13.9. The van der Waals surface area contributed by atoms with Gasteiger partial charge >= 0.3 is 0 Å². The lowest BCUT2D eigenvalue weighted by atomic mass is 9.93. The van der Waals surface area contributed by atoms with E-state index in [9.17, 15) is 0 Å². The molecule has 0 amide bonds. The van der Waals surface area contributed by atoms with E-state index in [0.29, 0.717) is 0 Å². The minimum absolute atomic E-state index is 1.17. The lowest BCUT2D eigenvalue weighted by molar-refractivity contribution is 0.897. The molecule has 2 rings (SSSR count). The predicted octanol–water partition coefficient (Wildman–Crippen LogP) is 5.57. The van der Waals surface area contributed by atoms with Crippen molar-refractivity contribution in [2.45, 2.75) is 46.5 Å². The third kappa shape index (κ3) is 3.47. The molecule has 0 atom stereocenters. The van der Waals surface area contributed by atoms with Gasteiger partial charge in [-0.15, -0.1) is 0 Å². The van der Waals surface area contributed by atoms with Crippen molar-refractivity contribution in [3.05, 3.63) is 59.2 Å². The average molecular weight is 252 g/mol. The van der Waals surface area contributed by atoms with Crippen molar-refractivity contribution in [2.24, 2.45) is 0 Å². The molecule has 2 aromatic carbocycles. The summed E-state index contributed by atoms with van der Waals surface area (Å²) in [6.07, 6.45) is 4.77. The van der Waals surface area contributed by atoms with Crippen LogP contribution in [0, 0.1) is 6.92 Å². The Hall–Kier alpha value is -1.56. The summed E-state index contributed by atoms with van der Waals surface area (Å²) in [5, 5.41) is 0. The molecule has 0 fully saturated rings. The van der Waals surface area contributed by atoms with E-state index < -0.39 is 0 Å². The molecule has 0 aliphatic carbocycles. The summed E-state index contributed by atoms with van der Waals surface area (Å²) in [4.78, 5) is 0. The molecule has 0 heterocycles. The smallest absolute Gasteiger partial charge is 0.0152 e. The predicted molar refractivity (Wildman–Crippen MR) is 84.6 cm³/mol. The zero-order valence-electron chi connectivity index (χ0n) is 12.4. The van der Waals surface area contributed by atoms with Crippen LogP contribution in [0.2, 0.25) is 0 Å². The number of hydrogen-bond acceptors (Lipinski definition) is 0. The Morgan fingerprint density at radius 3 is 2.11 bits per heavy atom. The molecule has 100 valence electrons. The molecule has 0 heteroatoms. The zero-order chi connectivity index (χ0) is 13.7. The Morgan fingerprint density at radius 1 is 0.789 bits per heavy atom. The van der Waals surface area contributed by atoms with Crippen LogP contribution >= 0.6 is 0 Å². The highest BCUT2D eigenvalue weighted by atomic mass is 14.1. The molecule has 0 spiro atoms.